The summed E-state index contributed by atoms with van der Waals surface area (Å²) >= 11 is 11.8. The first-order valence-corrected chi connectivity index (χ1v) is 7.33. The number of nitrogens with one attached hydrogen (secondary N) is 1. The van der Waals surface area contributed by atoms with Gasteiger partial charge in [-0.05, 0) is 29.3 Å². The van der Waals surface area contributed by atoms with Crippen LogP contribution in [-0.4, -0.2) is 17.1 Å². The number of carbonyl (C=O) groups excluding carboxylic acids is 1. The van der Waals surface area contributed by atoms with Crippen molar-refractivity contribution in [3.05, 3.63) is 69.2 Å². The van der Waals surface area contributed by atoms with E-state index < -0.39 is 12.1 Å². The molecule has 2 atom stereocenters. The van der Waals surface area contributed by atoms with Crippen LogP contribution in [0, 0.1) is 0 Å². The normalized spacial score (nSPS) is 20.1. The van der Waals surface area contributed by atoms with Gasteiger partial charge >= 0.3 is 0 Å². The fourth-order valence-electron chi connectivity index (χ4n) is 2.61. The molecule has 21 heavy (non-hydrogen) atoms. The number of halogens is 2. The molecule has 1 aliphatic carbocycles. The molecule has 0 aromatic heterocycles. The maximum Gasteiger partial charge on any atom is 0.251 e. The van der Waals surface area contributed by atoms with Crippen LogP contribution in [0.15, 0.2) is 42.5 Å². The summed E-state index contributed by atoms with van der Waals surface area (Å²) in [5, 5.41) is 13.7. The minimum absolute atomic E-state index is 0.283. The van der Waals surface area contributed by atoms with Crippen LogP contribution in [0.1, 0.15) is 27.5 Å². The summed E-state index contributed by atoms with van der Waals surface area (Å²) < 4.78 is 0. The standard InChI is InChI=1S/C16H13Cl2NO2/c17-12-6-5-10(7-13(12)18)16(21)19-15-11-4-2-1-3-9(11)8-14(15)20/h1-7,14-15,20H,8H2,(H,19,21). The van der Waals surface area contributed by atoms with E-state index in [9.17, 15) is 9.90 Å². The Hall–Kier alpha value is -1.55. The Morgan fingerprint density at radius 2 is 1.90 bits per heavy atom. The highest BCUT2D eigenvalue weighted by molar-refractivity contribution is 6.42. The number of hydrogen-bond donors (Lipinski definition) is 2. The van der Waals surface area contributed by atoms with Crippen LogP contribution < -0.4 is 5.32 Å². The maximum atomic E-state index is 12.3. The van der Waals surface area contributed by atoms with Crippen molar-refractivity contribution in [1.29, 1.82) is 0 Å². The van der Waals surface area contributed by atoms with Gasteiger partial charge in [0.05, 0.1) is 22.2 Å². The second-order valence-electron chi connectivity index (χ2n) is 5.05. The van der Waals surface area contributed by atoms with Gasteiger partial charge in [0.1, 0.15) is 0 Å². The summed E-state index contributed by atoms with van der Waals surface area (Å²) in [6.45, 7) is 0. The third kappa shape index (κ3) is 2.77. The molecule has 3 rings (SSSR count). The van der Waals surface area contributed by atoms with Crippen LogP contribution in [0.25, 0.3) is 0 Å². The fraction of sp³-hybridized carbons (Fsp3) is 0.188. The second kappa shape index (κ2) is 5.68. The SMILES string of the molecule is O=C(NC1c2ccccc2CC1O)c1ccc(Cl)c(Cl)c1. The van der Waals surface area contributed by atoms with Gasteiger partial charge < -0.3 is 10.4 Å². The van der Waals surface area contributed by atoms with E-state index in [1.807, 2.05) is 24.3 Å². The van der Waals surface area contributed by atoms with E-state index in [4.69, 9.17) is 23.2 Å². The Bertz CT molecular complexity index is 702. The van der Waals surface area contributed by atoms with E-state index in [1.54, 1.807) is 12.1 Å². The molecule has 0 heterocycles. The van der Waals surface area contributed by atoms with Crippen molar-refractivity contribution >= 4 is 29.1 Å². The lowest BCUT2D eigenvalue weighted by Gasteiger charge is -2.18. The van der Waals surface area contributed by atoms with E-state index in [2.05, 4.69) is 5.32 Å². The van der Waals surface area contributed by atoms with Gasteiger partial charge in [0, 0.05) is 12.0 Å². The first kappa shape index (κ1) is 14.4. The molecule has 0 radical (unpaired) electrons. The van der Waals surface area contributed by atoms with Crippen LogP contribution in [-0.2, 0) is 6.42 Å². The van der Waals surface area contributed by atoms with Crippen molar-refractivity contribution < 1.29 is 9.90 Å². The Morgan fingerprint density at radius 3 is 2.67 bits per heavy atom. The number of aliphatic hydroxyl groups excluding tert-OH is 1. The molecule has 0 aliphatic heterocycles. The van der Waals surface area contributed by atoms with Crippen molar-refractivity contribution in [3.8, 4) is 0 Å². The highest BCUT2D eigenvalue weighted by Gasteiger charge is 2.32. The van der Waals surface area contributed by atoms with Gasteiger partial charge in [0.25, 0.3) is 5.91 Å². The van der Waals surface area contributed by atoms with Gasteiger partial charge in [0.15, 0.2) is 0 Å². The van der Waals surface area contributed by atoms with Gasteiger partial charge in [-0.1, -0.05) is 47.5 Å². The highest BCUT2D eigenvalue weighted by Crippen LogP contribution is 2.31. The van der Waals surface area contributed by atoms with Crippen LogP contribution in [0.5, 0.6) is 0 Å². The molecule has 0 spiro atoms. The number of amides is 1. The zero-order valence-corrected chi connectivity index (χ0v) is 12.5. The van der Waals surface area contributed by atoms with Crippen LogP contribution >= 0.6 is 23.2 Å². The Morgan fingerprint density at radius 1 is 1.14 bits per heavy atom. The molecule has 1 aliphatic rings. The molecule has 108 valence electrons. The van der Waals surface area contributed by atoms with Crippen molar-refractivity contribution in [2.45, 2.75) is 18.6 Å². The van der Waals surface area contributed by atoms with Crippen molar-refractivity contribution in [3.63, 3.8) is 0 Å². The molecule has 0 bridgehead atoms. The van der Waals surface area contributed by atoms with Crippen LogP contribution in [0.4, 0.5) is 0 Å². The quantitative estimate of drug-likeness (QED) is 0.890. The number of aliphatic hydroxyl groups is 1. The van der Waals surface area contributed by atoms with E-state index in [0.717, 1.165) is 11.1 Å². The largest absolute Gasteiger partial charge is 0.390 e. The van der Waals surface area contributed by atoms with Gasteiger partial charge in [-0.2, -0.15) is 0 Å². The smallest absolute Gasteiger partial charge is 0.251 e. The highest BCUT2D eigenvalue weighted by atomic mass is 35.5. The monoisotopic (exact) mass is 321 g/mol. The lowest BCUT2D eigenvalue weighted by atomic mass is 10.1. The molecule has 0 fully saturated rings. The first-order valence-electron chi connectivity index (χ1n) is 6.58. The minimum Gasteiger partial charge on any atom is -0.390 e. The molecule has 2 unspecified atom stereocenters. The van der Waals surface area contributed by atoms with Gasteiger partial charge in [-0.3, -0.25) is 4.79 Å². The molecule has 5 heteroatoms. The van der Waals surface area contributed by atoms with Gasteiger partial charge in [-0.15, -0.1) is 0 Å². The molecular formula is C16H13Cl2NO2. The summed E-state index contributed by atoms with van der Waals surface area (Å²) in [6.07, 6.45) is -0.0724. The molecule has 2 aromatic carbocycles. The molecule has 2 N–H and O–H groups in total. The topological polar surface area (TPSA) is 49.3 Å². The summed E-state index contributed by atoms with van der Waals surface area (Å²) in [4.78, 5) is 12.3. The average molecular weight is 322 g/mol. The van der Waals surface area contributed by atoms with Crippen molar-refractivity contribution in [2.75, 3.05) is 0 Å². The lowest BCUT2D eigenvalue weighted by molar-refractivity contribution is 0.0858. The van der Waals surface area contributed by atoms with E-state index >= 15 is 0 Å². The summed E-state index contributed by atoms with van der Waals surface area (Å²) in [6, 6.07) is 12.0. The Labute approximate surface area is 132 Å². The van der Waals surface area contributed by atoms with E-state index in [1.165, 1.54) is 6.07 Å². The molecule has 3 nitrogen and oxygen atoms in total. The van der Waals surface area contributed by atoms with Gasteiger partial charge in [0.2, 0.25) is 0 Å². The van der Waals surface area contributed by atoms with E-state index in [-0.39, 0.29) is 5.91 Å². The van der Waals surface area contributed by atoms with Crippen LogP contribution in [0.3, 0.4) is 0 Å². The van der Waals surface area contributed by atoms with Gasteiger partial charge in [-0.25, -0.2) is 0 Å². The number of carbonyl (C=O) groups is 1. The van der Waals surface area contributed by atoms with Crippen molar-refractivity contribution in [1.82, 2.24) is 5.32 Å². The predicted octanol–water partition coefficient (Wildman–Crippen LogP) is 3.38. The Kier molecular flexibility index (Phi) is 3.89. The first-order chi connectivity index (χ1) is 10.1. The predicted molar refractivity (Wildman–Crippen MR) is 82.8 cm³/mol. The van der Waals surface area contributed by atoms with Crippen molar-refractivity contribution in [2.24, 2.45) is 0 Å². The fourth-order valence-corrected chi connectivity index (χ4v) is 2.91. The zero-order valence-electron chi connectivity index (χ0n) is 11.0. The van der Waals surface area contributed by atoms with E-state index in [0.29, 0.717) is 22.0 Å². The molecule has 0 saturated carbocycles. The third-order valence-corrected chi connectivity index (χ3v) is 4.41. The maximum absolute atomic E-state index is 12.3. The Balaban J connectivity index is 1.83. The molecule has 2 aromatic rings. The number of benzene rings is 2. The summed E-state index contributed by atoms with van der Waals surface area (Å²) in [5.74, 6) is -0.283. The molecular weight excluding hydrogens is 309 g/mol. The lowest BCUT2D eigenvalue weighted by Crippen LogP contribution is -2.33. The minimum atomic E-state index is -0.617. The average Bonchev–Trinajstić information content (AvgIpc) is 2.78. The van der Waals surface area contributed by atoms with Crippen LogP contribution in [0.2, 0.25) is 10.0 Å². The summed E-state index contributed by atoms with van der Waals surface area (Å²) in [7, 11) is 0. The zero-order chi connectivity index (χ0) is 15.0. The number of rotatable bonds is 2. The number of hydrogen-bond acceptors (Lipinski definition) is 2. The number of fused-ring (bicyclic) bond motifs is 1. The summed E-state index contributed by atoms with van der Waals surface area (Å²) in [5.41, 5.74) is 2.43. The third-order valence-electron chi connectivity index (χ3n) is 3.67. The molecule has 1 amide bonds. The second-order valence-corrected chi connectivity index (χ2v) is 5.86. The molecule has 0 saturated heterocycles.